The summed E-state index contributed by atoms with van der Waals surface area (Å²) in [5.41, 5.74) is 0.735. The molecular formula is C11H15NO8S. The molecular weight excluding hydrogens is 306 g/mol. The van der Waals surface area contributed by atoms with Gasteiger partial charge in [-0.3, -0.25) is 13.9 Å². The van der Waals surface area contributed by atoms with E-state index in [0.29, 0.717) is 0 Å². The molecule has 0 aromatic heterocycles. The third-order valence-electron chi connectivity index (χ3n) is 2.05. The third kappa shape index (κ3) is 11.4. The second-order valence-electron chi connectivity index (χ2n) is 3.91. The van der Waals surface area contributed by atoms with Crippen LogP contribution < -0.4 is 5.32 Å². The highest BCUT2D eigenvalue weighted by molar-refractivity contribution is 7.79. The lowest BCUT2D eigenvalue weighted by molar-refractivity contribution is -0.141. The molecule has 0 radical (unpaired) electrons. The Bertz CT molecular complexity index is 573. The zero-order valence-electron chi connectivity index (χ0n) is 10.9. The summed E-state index contributed by atoms with van der Waals surface area (Å²) in [5, 5.41) is 20.3. The van der Waals surface area contributed by atoms with Crippen molar-refractivity contribution in [1.29, 1.82) is 0 Å². The van der Waals surface area contributed by atoms with Crippen molar-refractivity contribution in [2.75, 3.05) is 0 Å². The molecule has 0 aliphatic carbocycles. The van der Waals surface area contributed by atoms with Gasteiger partial charge in [-0.05, 0) is 17.7 Å². The molecule has 0 saturated heterocycles. The van der Waals surface area contributed by atoms with E-state index in [9.17, 15) is 9.59 Å². The van der Waals surface area contributed by atoms with Crippen LogP contribution >= 0.6 is 0 Å². The average Bonchev–Trinajstić information content (AvgIpc) is 2.28. The van der Waals surface area contributed by atoms with Crippen molar-refractivity contribution in [2.24, 2.45) is 0 Å². The number of aromatic hydroxyl groups is 1. The number of phenols is 1. The van der Waals surface area contributed by atoms with E-state index in [4.69, 9.17) is 27.7 Å². The molecule has 0 aliphatic heterocycles. The minimum Gasteiger partial charge on any atom is -0.508 e. The molecule has 9 nitrogen and oxygen atoms in total. The molecule has 21 heavy (non-hydrogen) atoms. The first kappa shape index (κ1) is 18.8. The quantitative estimate of drug-likeness (QED) is 0.479. The lowest BCUT2D eigenvalue weighted by atomic mass is 10.1. The van der Waals surface area contributed by atoms with Gasteiger partial charge in [-0.25, -0.2) is 4.79 Å². The number of carbonyl (C=O) groups excluding carboxylic acids is 1. The Labute approximate surface area is 120 Å². The van der Waals surface area contributed by atoms with E-state index in [1.807, 2.05) is 0 Å². The van der Waals surface area contributed by atoms with Gasteiger partial charge in [0.25, 0.3) is 0 Å². The number of hydrogen-bond donors (Lipinski definition) is 5. The van der Waals surface area contributed by atoms with Crippen molar-refractivity contribution in [3.8, 4) is 5.75 Å². The summed E-state index contributed by atoms with van der Waals surface area (Å²) in [7, 11) is -4.67. The Morgan fingerprint density at radius 2 is 1.62 bits per heavy atom. The zero-order valence-corrected chi connectivity index (χ0v) is 11.7. The molecule has 1 amide bonds. The highest BCUT2D eigenvalue weighted by Gasteiger charge is 2.18. The minimum atomic E-state index is -4.67. The van der Waals surface area contributed by atoms with Crippen molar-refractivity contribution in [2.45, 2.75) is 19.4 Å². The molecule has 1 aromatic carbocycles. The fraction of sp³-hybridized carbons (Fsp3) is 0.273. The van der Waals surface area contributed by atoms with Crippen LogP contribution in [0.2, 0.25) is 0 Å². The summed E-state index contributed by atoms with van der Waals surface area (Å²) in [5.74, 6) is -1.34. The Morgan fingerprint density at radius 3 is 1.95 bits per heavy atom. The van der Waals surface area contributed by atoms with Gasteiger partial charge in [0.05, 0.1) is 0 Å². The van der Waals surface area contributed by atoms with Crippen LogP contribution in [0.15, 0.2) is 24.3 Å². The summed E-state index contributed by atoms with van der Waals surface area (Å²) < 4.78 is 31.6. The van der Waals surface area contributed by atoms with Gasteiger partial charge in [0.2, 0.25) is 5.91 Å². The Hall–Kier alpha value is -2.17. The van der Waals surface area contributed by atoms with Crippen LogP contribution in [0, 0.1) is 0 Å². The number of carbonyl (C=O) groups is 2. The van der Waals surface area contributed by atoms with Crippen LogP contribution in [0.3, 0.4) is 0 Å². The van der Waals surface area contributed by atoms with E-state index in [2.05, 4.69) is 5.32 Å². The van der Waals surface area contributed by atoms with Crippen LogP contribution in [0.25, 0.3) is 0 Å². The molecule has 0 bridgehead atoms. The zero-order chi connectivity index (χ0) is 16.6. The number of aliphatic carboxylic acids is 1. The van der Waals surface area contributed by atoms with Gasteiger partial charge in [0, 0.05) is 13.3 Å². The molecule has 1 rings (SSSR count). The molecule has 10 heteroatoms. The molecule has 1 atom stereocenters. The summed E-state index contributed by atoms with van der Waals surface area (Å²) in [6.45, 7) is 1.27. The van der Waals surface area contributed by atoms with E-state index in [1.165, 1.54) is 19.1 Å². The van der Waals surface area contributed by atoms with Crippen molar-refractivity contribution in [1.82, 2.24) is 5.32 Å². The van der Waals surface area contributed by atoms with Crippen LogP contribution in [0.4, 0.5) is 0 Å². The number of benzene rings is 1. The number of carboxylic acid groups (broad SMARTS) is 1. The van der Waals surface area contributed by atoms with Crippen LogP contribution in [0.5, 0.6) is 5.75 Å². The summed E-state index contributed by atoms with van der Waals surface area (Å²) in [4.78, 5) is 21.6. The number of carboxylic acids is 1. The lowest BCUT2D eigenvalue weighted by Crippen LogP contribution is -2.41. The Morgan fingerprint density at radius 1 is 1.19 bits per heavy atom. The van der Waals surface area contributed by atoms with Crippen molar-refractivity contribution in [3.63, 3.8) is 0 Å². The van der Waals surface area contributed by atoms with Crippen molar-refractivity contribution >= 4 is 22.3 Å². The number of rotatable bonds is 4. The molecule has 1 unspecified atom stereocenters. The normalized spacial score (nSPS) is 11.8. The van der Waals surface area contributed by atoms with Gasteiger partial charge in [-0.2, -0.15) is 8.42 Å². The first-order valence-corrected chi connectivity index (χ1v) is 6.86. The van der Waals surface area contributed by atoms with Crippen LogP contribution in [-0.2, 0) is 26.4 Å². The van der Waals surface area contributed by atoms with E-state index in [-0.39, 0.29) is 18.1 Å². The Kier molecular flexibility index (Phi) is 7.35. The number of amides is 1. The summed E-state index contributed by atoms with van der Waals surface area (Å²) >= 11 is 0. The first-order chi connectivity index (χ1) is 9.49. The highest BCUT2D eigenvalue weighted by Crippen LogP contribution is 2.11. The lowest BCUT2D eigenvalue weighted by Gasteiger charge is -2.13. The maximum atomic E-state index is 10.8. The van der Waals surface area contributed by atoms with E-state index >= 15 is 0 Å². The maximum absolute atomic E-state index is 10.8. The molecule has 118 valence electrons. The SMILES string of the molecule is CC(=O)NC(Cc1ccc(O)cc1)C(=O)O.O=S(=O)(O)O. The topological polar surface area (TPSA) is 161 Å². The predicted molar refractivity (Wildman–Crippen MR) is 71.2 cm³/mol. The molecule has 0 heterocycles. The van der Waals surface area contributed by atoms with Crippen LogP contribution in [0.1, 0.15) is 12.5 Å². The minimum absolute atomic E-state index is 0.121. The van der Waals surface area contributed by atoms with Gasteiger partial charge in [0.1, 0.15) is 11.8 Å². The van der Waals surface area contributed by atoms with Gasteiger partial charge >= 0.3 is 16.4 Å². The predicted octanol–water partition coefficient (Wildman–Crippen LogP) is -0.129. The van der Waals surface area contributed by atoms with Crippen molar-refractivity contribution < 1.29 is 37.3 Å². The second-order valence-corrected chi connectivity index (χ2v) is 4.81. The number of phenolic OH excluding ortho intramolecular Hbond substituents is 1. The molecule has 0 saturated carbocycles. The largest absolute Gasteiger partial charge is 0.508 e. The standard InChI is InChI=1S/C11H13NO4.H2O4S/c1-7(13)12-10(11(15)16)6-8-2-4-9(14)5-3-8;1-5(2,3)4/h2-5,10,14H,6H2,1H3,(H,12,13)(H,15,16);(H2,1,2,3,4). The van der Waals surface area contributed by atoms with E-state index in [1.54, 1.807) is 12.1 Å². The summed E-state index contributed by atoms with van der Waals surface area (Å²) in [6, 6.07) is 5.24. The van der Waals surface area contributed by atoms with Gasteiger partial charge in [-0.1, -0.05) is 12.1 Å². The van der Waals surface area contributed by atoms with Gasteiger partial charge < -0.3 is 15.5 Å². The highest BCUT2D eigenvalue weighted by atomic mass is 32.3. The van der Waals surface area contributed by atoms with E-state index in [0.717, 1.165) is 5.56 Å². The fourth-order valence-corrected chi connectivity index (χ4v) is 1.31. The van der Waals surface area contributed by atoms with Gasteiger partial charge in [0.15, 0.2) is 0 Å². The number of hydrogen-bond acceptors (Lipinski definition) is 5. The fourth-order valence-electron chi connectivity index (χ4n) is 1.31. The molecule has 1 aromatic rings. The van der Waals surface area contributed by atoms with Crippen molar-refractivity contribution in [3.05, 3.63) is 29.8 Å². The second kappa shape index (κ2) is 8.19. The average molecular weight is 321 g/mol. The third-order valence-corrected chi connectivity index (χ3v) is 2.05. The maximum Gasteiger partial charge on any atom is 0.394 e. The smallest absolute Gasteiger partial charge is 0.394 e. The van der Waals surface area contributed by atoms with Gasteiger partial charge in [-0.15, -0.1) is 0 Å². The Balaban J connectivity index is 0.000000690. The molecule has 0 fully saturated rings. The van der Waals surface area contributed by atoms with Crippen LogP contribution in [-0.4, -0.2) is 45.7 Å². The molecule has 0 aliphatic rings. The summed E-state index contributed by atoms with van der Waals surface area (Å²) in [6.07, 6.45) is 0.190. The monoisotopic (exact) mass is 321 g/mol. The number of nitrogens with one attached hydrogen (secondary N) is 1. The first-order valence-electron chi connectivity index (χ1n) is 5.46. The van der Waals surface area contributed by atoms with E-state index < -0.39 is 22.4 Å². The molecule has 0 spiro atoms. The molecule has 5 N–H and O–H groups in total.